The number of amides is 2. The monoisotopic (exact) mass is 395 g/mol. The van der Waals surface area contributed by atoms with Crippen LogP contribution >= 0.6 is 11.8 Å². The highest BCUT2D eigenvalue weighted by Gasteiger charge is 2.28. The number of carbonyl (C=O) groups is 2. The molecule has 2 N–H and O–H groups in total. The largest absolute Gasteiger partial charge is 0.352 e. The van der Waals surface area contributed by atoms with Gasteiger partial charge in [0, 0.05) is 24.4 Å². The maximum absolute atomic E-state index is 12.5. The summed E-state index contributed by atoms with van der Waals surface area (Å²) in [5, 5.41) is 5.50. The summed E-state index contributed by atoms with van der Waals surface area (Å²) in [4.78, 5) is 28.2. The minimum absolute atomic E-state index is 0.0944. The van der Waals surface area contributed by atoms with Gasteiger partial charge in [0.25, 0.3) is 0 Å². The highest BCUT2D eigenvalue weighted by molar-refractivity contribution is 8.01. The fourth-order valence-corrected chi connectivity index (χ4v) is 4.84. The number of carbonyl (C=O) groups excluding carboxylic acids is 2. The summed E-state index contributed by atoms with van der Waals surface area (Å²) in [7, 11) is 0. The first-order chi connectivity index (χ1) is 13.7. The average molecular weight is 396 g/mol. The van der Waals surface area contributed by atoms with Crippen molar-refractivity contribution in [1.29, 1.82) is 0 Å². The molecule has 0 radical (unpaired) electrons. The molecule has 2 aliphatic heterocycles. The third-order valence-corrected chi connectivity index (χ3v) is 6.54. The van der Waals surface area contributed by atoms with Crippen LogP contribution in [-0.4, -0.2) is 35.1 Å². The van der Waals surface area contributed by atoms with Gasteiger partial charge < -0.3 is 10.6 Å². The normalized spacial score (nSPS) is 19.1. The van der Waals surface area contributed by atoms with Gasteiger partial charge >= 0.3 is 0 Å². The molecule has 146 valence electrons. The van der Waals surface area contributed by atoms with E-state index in [1.54, 1.807) is 0 Å². The first-order valence-electron chi connectivity index (χ1n) is 9.81. The molecule has 2 heterocycles. The predicted octanol–water partition coefficient (Wildman–Crippen LogP) is 3.40. The molecule has 1 atom stereocenters. The van der Waals surface area contributed by atoms with Gasteiger partial charge in [-0.05, 0) is 49.2 Å². The Morgan fingerprint density at radius 2 is 1.79 bits per heavy atom. The highest BCUT2D eigenvalue weighted by Crippen LogP contribution is 2.36. The summed E-state index contributed by atoms with van der Waals surface area (Å²) in [6.07, 6.45) is 2.71. The zero-order chi connectivity index (χ0) is 19.3. The van der Waals surface area contributed by atoms with E-state index in [1.165, 1.54) is 30.2 Å². The summed E-state index contributed by atoms with van der Waals surface area (Å²) in [6, 6.07) is 16.0. The van der Waals surface area contributed by atoms with Crippen LogP contribution in [0.3, 0.4) is 0 Å². The number of anilines is 1. The lowest BCUT2D eigenvalue weighted by atomic mass is 10.1. The molecule has 0 saturated carbocycles. The van der Waals surface area contributed by atoms with Crippen molar-refractivity contribution in [3.8, 4) is 0 Å². The number of nitrogens with zero attached hydrogens (tertiary/aromatic N) is 1. The molecule has 5 nitrogen and oxygen atoms in total. The number of fused-ring (bicyclic) bond motifs is 1. The van der Waals surface area contributed by atoms with Crippen molar-refractivity contribution >= 4 is 29.3 Å². The van der Waals surface area contributed by atoms with Crippen molar-refractivity contribution in [2.75, 3.05) is 18.4 Å². The van der Waals surface area contributed by atoms with Crippen molar-refractivity contribution in [2.24, 2.45) is 0 Å². The van der Waals surface area contributed by atoms with E-state index in [-0.39, 0.29) is 18.2 Å². The molecular formula is C22H25N3O2S. The summed E-state index contributed by atoms with van der Waals surface area (Å²) in [5.74, 6) is -0.198. The number of likely N-dealkylation sites (tertiary alicyclic amines) is 1. The van der Waals surface area contributed by atoms with Crippen LogP contribution in [-0.2, 0) is 22.7 Å². The predicted molar refractivity (Wildman–Crippen MR) is 112 cm³/mol. The summed E-state index contributed by atoms with van der Waals surface area (Å²) in [5.41, 5.74) is 3.24. The van der Waals surface area contributed by atoms with Gasteiger partial charge in [0.05, 0.1) is 10.9 Å². The second-order valence-corrected chi connectivity index (χ2v) is 8.57. The molecule has 6 heteroatoms. The minimum atomic E-state index is -0.394. The van der Waals surface area contributed by atoms with Crippen LogP contribution in [0.25, 0.3) is 0 Å². The number of hydrogen-bond acceptors (Lipinski definition) is 4. The van der Waals surface area contributed by atoms with E-state index < -0.39 is 5.25 Å². The van der Waals surface area contributed by atoms with E-state index >= 15 is 0 Å². The fraction of sp³-hybridized carbons (Fsp3) is 0.364. The highest BCUT2D eigenvalue weighted by atomic mass is 32.2. The standard InChI is InChI=1S/C22H25N3O2S/c26-21(13-20-22(27)24-18-9-3-4-10-19(18)28-20)23-14-16-7-1-2-8-17(16)15-25-11-5-6-12-25/h1-4,7-10,20H,5-6,11-15H2,(H,23,26)(H,24,27)/t20-/m0/s1. The lowest BCUT2D eigenvalue weighted by Crippen LogP contribution is -2.34. The molecule has 2 aromatic rings. The van der Waals surface area contributed by atoms with Crippen molar-refractivity contribution in [2.45, 2.75) is 42.5 Å². The van der Waals surface area contributed by atoms with E-state index in [0.717, 1.165) is 35.8 Å². The number of nitrogens with one attached hydrogen (secondary N) is 2. The van der Waals surface area contributed by atoms with Gasteiger partial charge in [-0.1, -0.05) is 36.4 Å². The Bertz CT molecular complexity index is 864. The number of thioether (sulfide) groups is 1. The first-order valence-corrected chi connectivity index (χ1v) is 10.7. The van der Waals surface area contributed by atoms with Gasteiger partial charge in [-0.3, -0.25) is 14.5 Å². The molecule has 0 spiro atoms. The van der Waals surface area contributed by atoms with Gasteiger partial charge in [-0.2, -0.15) is 0 Å². The molecule has 2 aliphatic rings. The van der Waals surface area contributed by atoms with Crippen LogP contribution in [0.15, 0.2) is 53.4 Å². The molecule has 0 unspecified atom stereocenters. The Hall–Kier alpha value is -2.31. The van der Waals surface area contributed by atoms with Gasteiger partial charge in [0.2, 0.25) is 11.8 Å². The van der Waals surface area contributed by atoms with Crippen LogP contribution in [0.1, 0.15) is 30.4 Å². The number of rotatable bonds is 6. The van der Waals surface area contributed by atoms with E-state index in [1.807, 2.05) is 30.3 Å². The van der Waals surface area contributed by atoms with Crippen LogP contribution < -0.4 is 10.6 Å². The minimum Gasteiger partial charge on any atom is -0.352 e. The molecular weight excluding hydrogens is 370 g/mol. The Labute approximate surface area is 169 Å². The van der Waals surface area contributed by atoms with Gasteiger partial charge in [0.1, 0.15) is 0 Å². The van der Waals surface area contributed by atoms with Crippen LogP contribution in [0.5, 0.6) is 0 Å². The maximum Gasteiger partial charge on any atom is 0.238 e. The summed E-state index contributed by atoms with van der Waals surface area (Å²) in [6.45, 7) is 3.73. The van der Waals surface area contributed by atoms with Gasteiger partial charge in [0.15, 0.2) is 0 Å². The molecule has 0 aromatic heterocycles. The molecule has 1 fully saturated rings. The quantitative estimate of drug-likeness (QED) is 0.787. The van der Waals surface area contributed by atoms with Crippen LogP contribution in [0, 0.1) is 0 Å². The fourth-order valence-electron chi connectivity index (χ4n) is 3.73. The SMILES string of the molecule is O=C(C[C@@H]1Sc2ccccc2NC1=O)NCc1ccccc1CN1CCCC1. The Morgan fingerprint density at radius 1 is 1.07 bits per heavy atom. The second-order valence-electron chi connectivity index (χ2n) is 7.32. The lowest BCUT2D eigenvalue weighted by molar-refractivity contribution is -0.124. The van der Waals surface area contributed by atoms with E-state index in [4.69, 9.17) is 0 Å². The van der Waals surface area contributed by atoms with Crippen LogP contribution in [0.4, 0.5) is 5.69 Å². The van der Waals surface area contributed by atoms with E-state index in [2.05, 4.69) is 33.7 Å². The smallest absolute Gasteiger partial charge is 0.238 e. The van der Waals surface area contributed by atoms with Crippen molar-refractivity contribution in [1.82, 2.24) is 10.2 Å². The van der Waals surface area contributed by atoms with E-state index in [0.29, 0.717) is 6.54 Å². The molecule has 2 aromatic carbocycles. The van der Waals surface area contributed by atoms with Gasteiger partial charge in [-0.25, -0.2) is 0 Å². The lowest BCUT2D eigenvalue weighted by Gasteiger charge is -2.23. The van der Waals surface area contributed by atoms with Gasteiger partial charge in [-0.15, -0.1) is 11.8 Å². The number of hydrogen-bond donors (Lipinski definition) is 2. The summed E-state index contributed by atoms with van der Waals surface area (Å²) < 4.78 is 0. The number of benzene rings is 2. The molecule has 1 saturated heterocycles. The number of para-hydroxylation sites is 1. The summed E-state index contributed by atoms with van der Waals surface area (Å²) >= 11 is 1.46. The Kier molecular flexibility index (Phi) is 5.98. The Morgan fingerprint density at radius 3 is 2.61 bits per heavy atom. The average Bonchev–Trinajstić information content (AvgIpc) is 3.21. The van der Waals surface area contributed by atoms with E-state index in [9.17, 15) is 9.59 Å². The molecule has 4 rings (SSSR count). The third-order valence-electron chi connectivity index (χ3n) is 5.26. The maximum atomic E-state index is 12.5. The molecule has 2 amide bonds. The Balaban J connectivity index is 1.33. The topological polar surface area (TPSA) is 61.4 Å². The third kappa shape index (κ3) is 4.56. The van der Waals surface area contributed by atoms with Crippen molar-refractivity contribution in [3.63, 3.8) is 0 Å². The van der Waals surface area contributed by atoms with Crippen molar-refractivity contribution < 1.29 is 9.59 Å². The van der Waals surface area contributed by atoms with Crippen LogP contribution in [0.2, 0.25) is 0 Å². The molecule has 0 aliphatic carbocycles. The first kappa shape index (κ1) is 19.0. The molecule has 28 heavy (non-hydrogen) atoms. The second kappa shape index (κ2) is 8.80. The van der Waals surface area contributed by atoms with Crippen molar-refractivity contribution in [3.05, 3.63) is 59.7 Å². The zero-order valence-corrected chi connectivity index (χ0v) is 16.6. The molecule has 0 bridgehead atoms. The zero-order valence-electron chi connectivity index (χ0n) is 15.8.